The second kappa shape index (κ2) is 5.20. The van der Waals surface area contributed by atoms with Crippen molar-refractivity contribution in [1.82, 2.24) is 4.90 Å². The summed E-state index contributed by atoms with van der Waals surface area (Å²) >= 11 is 0. The van der Waals surface area contributed by atoms with E-state index in [0.717, 1.165) is 12.6 Å². The van der Waals surface area contributed by atoms with Crippen LogP contribution in [0.25, 0.3) is 0 Å². The summed E-state index contributed by atoms with van der Waals surface area (Å²) in [6, 6.07) is 8.68. The molecule has 0 aromatic heterocycles. The molecule has 0 unspecified atom stereocenters. The predicted octanol–water partition coefficient (Wildman–Crippen LogP) is 2.55. The molecule has 0 heterocycles. The molecule has 1 fully saturated rings. The van der Waals surface area contributed by atoms with E-state index in [-0.39, 0.29) is 0 Å². The van der Waals surface area contributed by atoms with Crippen LogP contribution in [0.2, 0.25) is 0 Å². The van der Waals surface area contributed by atoms with E-state index >= 15 is 0 Å². The van der Waals surface area contributed by atoms with Crippen molar-refractivity contribution < 1.29 is 4.74 Å². The van der Waals surface area contributed by atoms with Crippen LogP contribution in [-0.4, -0.2) is 25.1 Å². The standard InChI is InChI=1S/C14H18N2O/c1-16(13-4-3-5-13)10-11-6-7-12(9-15)14(8-11)17-2/h6-8,13H,3-5,10H2,1-2H3. The Hall–Kier alpha value is -1.53. The third-order valence-electron chi connectivity index (χ3n) is 3.52. The molecule has 3 nitrogen and oxygen atoms in total. The van der Waals surface area contributed by atoms with Gasteiger partial charge in [-0.15, -0.1) is 0 Å². The fourth-order valence-electron chi connectivity index (χ4n) is 2.17. The van der Waals surface area contributed by atoms with Gasteiger partial charge in [0.2, 0.25) is 0 Å². The number of ether oxygens (including phenoxy) is 1. The fourth-order valence-corrected chi connectivity index (χ4v) is 2.17. The van der Waals surface area contributed by atoms with Gasteiger partial charge in [0, 0.05) is 12.6 Å². The molecule has 1 aromatic rings. The lowest BCUT2D eigenvalue weighted by Crippen LogP contribution is -2.36. The minimum atomic E-state index is 0.600. The van der Waals surface area contributed by atoms with Crippen LogP contribution < -0.4 is 4.74 Å². The molecule has 0 radical (unpaired) electrons. The van der Waals surface area contributed by atoms with Gasteiger partial charge in [0.15, 0.2) is 0 Å². The lowest BCUT2D eigenvalue weighted by atomic mass is 9.91. The highest BCUT2D eigenvalue weighted by Gasteiger charge is 2.21. The van der Waals surface area contributed by atoms with E-state index < -0.39 is 0 Å². The SMILES string of the molecule is COc1cc(CN(C)C2CCC2)ccc1C#N. The second-order valence-electron chi connectivity index (χ2n) is 4.65. The summed E-state index contributed by atoms with van der Waals surface area (Å²) in [7, 11) is 3.77. The van der Waals surface area contributed by atoms with E-state index in [2.05, 4.69) is 18.0 Å². The Kier molecular flexibility index (Phi) is 3.65. The normalized spacial score (nSPS) is 15.4. The van der Waals surface area contributed by atoms with Crippen LogP contribution in [0.1, 0.15) is 30.4 Å². The molecule has 0 aliphatic heterocycles. The summed E-state index contributed by atoms with van der Waals surface area (Å²) in [6.07, 6.45) is 3.97. The van der Waals surface area contributed by atoms with Gasteiger partial charge in [-0.05, 0) is 37.6 Å². The maximum Gasteiger partial charge on any atom is 0.136 e. The van der Waals surface area contributed by atoms with Crippen molar-refractivity contribution in [3.8, 4) is 11.8 Å². The lowest BCUT2D eigenvalue weighted by molar-refractivity contribution is 0.152. The quantitative estimate of drug-likeness (QED) is 0.797. The van der Waals surface area contributed by atoms with E-state index in [4.69, 9.17) is 10.00 Å². The first kappa shape index (κ1) is 11.9. The average molecular weight is 230 g/mol. The van der Waals surface area contributed by atoms with E-state index in [1.54, 1.807) is 7.11 Å². The Morgan fingerprint density at radius 3 is 2.76 bits per heavy atom. The number of hydrogen-bond donors (Lipinski definition) is 0. The van der Waals surface area contributed by atoms with E-state index in [1.807, 2.05) is 18.2 Å². The molecular formula is C14H18N2O. The number of nitrogens with zero attached hydrogens (tertiary/aromatic N) is 2. The fraction of sp³-hybridized carbons (Fsp3) is 0.500. The van der Waals surface area contributed by atoms with Crippen molar-refractivity contribution in [2.75, 3.05) is 14.2 Å². The molecular weight excluding hydrogens is 212 g/mol. The Morgan fingerprint density at radius 1 is 1.47 bits per heavy atom. The summed E-state index contributed by atoms with van der Waals surface area (Å²) in [6.45, 7) is 0.923. The smallest absolute Gasteiger partial charge is 0.136 e. The van der Waals surface area contributed by atoms with Gasteiger partial charge in [-0.3, -0.25) is 4.90 Å². The number of nitriles is 1. The number of benzene rings is 1. The van der Waals surface area contributed by atoms with Gasteiger partial charge in [0.05, 0.1) is 12.7 Å². The molecule has 1 aromatic carbocycles. The summed E-state index contributed by atoms with van der Waals surface area (Å²) < 4.78 is 5.22. The second-order valence-corrected chi connectivity index (χ2v) is 4.65. The van der Waals surface area contributed by atoms with Crippen LogP contribution in [0.15, 0.2) is 18.2 Å². The number of hydrogen-bond acceptors (Lipinski definition) is 3. The van der Waals surface area contributed by atoms with Gasteiger partial charge in [-0.2, -0.15) is 5.26 Å². The molecule has 1 aliphatic rings. The molecule has 1 saturated carbocycles. The zero-order valence-corrected chi connectivity index (χ0v) is 10.4. The molecule has 3 heteroatoms. The minimum Gasteiger partial charge on any atom is -0.495 e. The Morgan fingerprint density at radius 2 is 2.24 bits per heavy atom. The van der Waals surface area contributed by atoms with Crippen molar-refractivity contribution in [3.63, 3.8) is 0 Å². The largest absolute Gasteiger partial charge is 0.495 e. The minimum absolute atomic E-state index is 0.600. The molecule has 17 heavy (non-hydrogen) atoms. The van der Waals surface area contributed by atoms with Crippen LogP contribution in [0.5, 0.6) is 5.75 Å². The highest BCUT2D eigenvalue weighted by Crippen LogP contribution is 2.26. The lowest BCUT2D eigenvalue weighted by Gasteiger charge is -2.34. The van der Waals surface area contributed by atoms with E-state index in [1.165, 1.54) is 24.8 Å². The molecule has 0 atom stereocenters. The maximum atomic E-state index is 8.92. The zero-order valence-electron chi connectivity index (χ0n) is 10.4. The molecule has 0 bridgehead atoms. The molecule has 1 aliphatic carbocycles. The van der Waals surface area contributed by atoms with Gasteiger partial charge in [-0.25, -0.2) is 0 Å². The molecule has 0 N–H and O–H groups in total. The average Bonchev–Trinajstić information content (AvgIpc) is 2.26. The van der Waals surface area contributed by atoms with Crippen molar-refractivity contribution in [2.24, 2.45) is 0 Å². The Labute approximate surface area is 103 Å². The Bertz CT molecular complexity index is 432. The van der Waals surface area contributed by atoms with Gasteiger partial charge >= 0.3 is 0 Å². The van der Waals surface area contributed by atoms with Crippen LogP contribution in [-0.2, 0) is 6.54 Å². The highest BCUT2D eigenvalue weighted by molar-refractivity contribution is 5.45. The number of rotatable bonds is 4. The van der Waals surface area contributed by atoms with Gasteiger partial charge in [0.1, 0.15) is 11.8 Å². The summed E-state index contributed by atoms with van der Waals surface area (Å²) in [5.74, 6) is 0.673. The van der Waals surface area contributed by atoms with Crippen molar-refractivity contribution in [1.29, 1.82) is 5.26 Å². The van der Waals surface area contributed by atoms with Crippen molar-refractivity contribution >= 4 is 0 Å². The third kappa shape index (κ3) is 2.59. The highest BCUT2D eigenvalue weighted by atomic mass is 16.5. The van der Waals surface area contributed by atoms with Gasteiger partial charge in [0.25, 0.3) is 0 Å². The van der Waals surface area contributed by atoms with Crippen LogP contribution in [0.3, 0.4) is 0 Å². The third-order valence-corrected chi connectivity index (χ3v) is 3.52. The monoisotopic (exact) mass is 230 g/mol. The van der Waals surface area contributed by atoms with E-state index in [0.29, 0.717) is 11.3 Å². The summed E-state index contributed by atoms with van der Waals surface area (Å²) in [5, 5.41) is 8.92. The zero-order chi connectivity index (χ0) is 12.3. The van der Waals surface area contributed by atoms with Crippen LogP contribution in [0, 0.1) is 11.3 Å². The first-order valence-corrected chi connectivity index (χ1v) is 6.02. The first-order chi connectivity index (χ1) is 8.24. The predicted molar refractivity (Wildman–Crippen MR) is 66.8 cm³/mol. The van der Waals surface area contributed by atoms with Crippen molar-refractivity contribution in [2.45, 2.75) is 31.8 Å². The van der Waals surface area contributed by atoms with E-state index in [9.17, 15) is 0 Å². The molecule has 0 saturated heterocycles. The molecule has 90 valence electrons. The summed E-state index contributed by atoms with van der Waals surface area (Å²) in [5.41, 5.74) is 1.80. The van der Waals surface area contributed by atoms with Gasteiger partial charge in [-0.1, -0.05) is 12.5 Å². The van der Waals surface area contributed by atoms with Crippen molar-refractivity contribution in [3.05, 3.63) is 29.3 Å². The van der Waals surface area contributed by atoms with Crippen LogP contribution >= 0.6 is 0 Å². The van der Waals surface area contributed by atoms with Gasteiger partial charge < -0.3 is 4.74 Å². The Balaban J connectivity index is 2.08. The molecule has 0 amide bonds. The molecule has 2 rings (SSSR count). The van der Waals surface area contributed by atoms with Crippen LogP contribution in [0.4, 0.5) is 0 Å². The topological polar surface area (TPSA) is 36.3 Å². The summed E-state index contributed by atoms with van der Waals surface area (Å²) in [4.78, 5) is 2.38. The number of methoxy groups -OCH3 is 1. The maximum absolute atomic E-state index is 8.92. The molecule has 0 spiro atoms. The first-order valence-electron chi connectivity index (χ1n) is 6.02.